The van der Waals surface area contributed by atoms with Crippen molar-refractivity contribution in [1.82, 2.24) is 9.97 Å². The molecule has 0 bridgehead atoms. The van der Waals surface area contributed by atoms with Crippen molar-refractivity contribution in [2.45, 2.75) is 19.4 Å². The number of pyridine rings is 2. The van der Waals surface area contributed by atoms with Gasteiger partial charge >= 0.3 is 0 Å². The van der Waals surface area contributed by atoms with Gasteiger partial charge in [-0.2, -0.15) is 0 Å². The van der Waals surface area contributed by atoms with Gasteiger partial charge in [-0.05, 0) is 37.1 Å². The maximum Gasteiger partial charge on any atom is 0.153 e. The molecule has 0 fully saturated rings. The number of ether oxygens (including phenoxy) is 1. The summed E-state index contributed by atoms with van der Waals surface area (Å²) in [6.45, 7) is 1.97. The number of nitrogens with zero attached hydrogens (tertiary/aromatic N) is 2. The first-order valence-corrected chi connectivity index (χ1v) is 6.93. The number of aromatic nitrogens is 2. The Morgan fingerprint density at radius 3 is 2.90 bits per heavy atom. The number of rotatable bonds is 4. The summed E-state index contributed by atoms with van der Waals surface area (Å²) in [6.07, 6.45) is 6.06. The van der Waals surface area contributed by atoms with E-state index in [4.69, 9.17) is 10.5 Å². The van der Waals surface area contributed by atoms with Crippen LogP contribution < -0.4 is 10.5 Å². The molecule has 0 aliphatic heterocycles. The number of hydrogen-bond donors (Lipinski definition) is 1. The number of hydrogen-bond acceptors (Lipinski definition) is 4. The molecule has 0 amide bonds. The molecule has 0 aliphatic carbocycles. The summed E-state index contributed by atoms with van der Waals surface area (Å²) in [5, 5.41) is 1.05. The predicted octanol–water partition coefficient (Wildman–Crippen LogP) is 3.31. The summed E-state index contributed by atoms with van der Waals surface area (Å²) in [6, 6.07) is 11.9. The van der Waals surface area contributed by atoms with Gasteiger partial charge in [0.05, 0.1) is 6.20 Å². The Balaban J connectivity index is 1.92. The number of fused-ring (bicyclic) bond motifs is 1. The zero-order chi connectivity index (χ0) is 14.7. The van der Waals surface area contributed by atoms with Gasteiger partial charge in [-0.25, -0.2) is 0 Å². The molecule has 0 aliphatic rings. The molecule has 21 heavy (non-hydrogen) atoms. The third-order valence-corrected chi connectivity index (χ3v) is 3.15. The average Bonchev–Trinajstić information content (AvgIpc) is 2.47. The van der Waals surface area contributed by atoms with Crippen LogP contribution in [-0.4, -0.2) is 16.0 Å². The van der Waals surface area contributed by atoms with E-state index in [1.54, 1.807) is 12.4 Å². The minimum absolute atomic E-state index is 0.0984. The zero-order valence-corrected chi connectivity index (χ0v) is 11.9. The van der Waals surface area contributed by atoms with Gasteiger partial charge in [-0.15, -0.1) is 0 Å². The molecule has 106 valence electrons. The van der Waals surface area contributed by atoms with E-state index in [1.807, 2.05) is 49.5 Å². The fraction of sp³-hybridized carbons (Fsp3) is 0.176. The van der Waals surface area contributed by atoms with E-state index in [0.29, 0.717) is 5.75 Å². The second kappa shape index (κ2) is 5.89. The molecule has 1 unspecified atom stereocenters. The fourth-order valence-electron chi connectivity index (χ4n) is 2.29. The van der Waals surface area contributed by atoms with Crippen LogP contribution in [-0.2, 0) is 6.42 Å². The third-order valence-electron chi connectivity index (χ3n) is 3.15. The molecular formula is C17H17N3O. The standard InChI is InChI=1S/C17H17N3O/c1-12(18)8-13-9-15(11-19-10-13)21-16-6-2-4-14-5-3-7-20-17(14)16/h2-7,9-12H,8,18H2,1H3. The van der Waals surface area contributed by atoms with E-state index in [-0.39, 0.29) is 6.04 Å². The second-order valence-corrected chi connectivity index (χ2v) is 5.14. The second-order valence-electron chi connectivity index (χ2n) is 5.14. The van der Waals surface area contributed by atoms with E-state index in [0.717, 1.165) is 28.6 Å². The normalized spacial score (nSPS) is 12.3. The van der Waals surface area contributed by atoms with E-state index in [9.17, 15) is 0 Å². The Bertz CT molecular complexity index is 750. The maximum absolute atomic E-state index is 5.95. The molecule has 2 N–H and O–H groups in total. The van der Waals surface area contributed by atoms with Crippen molar-refractivity contribution in [3.8, 4) is 11.5 Å². The predicted molar refractivity (Wildman–Crippen MR) is 83.4 cm³/mol. The molecular weight excluding hydrogens is 262 g/mol. The van der Waals surface area contributed by atoms with Crippen LogP contribution in [0.15, 0.2) is 55.0 Å². The molecule has 0 saturated heterocycles. The lowest BCUT2D eigenvalue weighted by molar-refractivity contribution is 0.483. The van der Waals surface area contributed by atoms with Crippen molar-refractivity contribution in [2.24, 2.45) is 5.73 Å². The summed E-state index contributed by atoms with van der Waals surface area (Å²) < 4.78 is 5.95. The van der Waals surface area contributed by atoms with Gasteiger partial charge < -0.3 is 10.5 Å². The van der Waals surface area contributed by atoms with Crippen molar-refractivity contribution < 1.29 is 4.74 Å². The van der Waals surface area contributed by atoms with Gasteiger partial charge in [-0.1, -0.05) is 18.2 Å². The van der Waals surface area contributed by atoms with Gasteiger partial charge in [0.25, 0.3) is 0 Å². The van der Waals surface area contributed by atoms with Crippen LogP contribution in [0.2, 0.25) is 0 Å². The summed E-state index contributed by atoms with van der Waals surface area (Å²) in [4.78, 5) is 8.60. The Hall–Kier alpha value is -2.46. The summed E-state index contributed by atoms with van der Waals surface area (Å²) in [5.41, 5.74) is 7.73. The van der Waals surface area contributed by atoms with Crippen molar-refractivity contribution in [3.63, 3.8) is 0 Å². The Labute approximate surface area is 123 Å². The number of benzene rings is 1. The monoisotopic (exact) mass is 279 g/mol. The highest BCUT2D eigenvalue weighted by Gasteiger charge is 2.06. The highest BCUT2D eigenvalue weighted by molar-refractivity contribution is 5.84. The Kier molecular flexibility index (Phi) is 3.79. The SMILES string of the molecule is CC(N)Cc1cncc(Oc2cccc3cccnc23)c1. The summed E-state index contributed by atoms with van der Waals surface area (Å²) >= 11 is 0. The highest BCUT2D eigenvalue weighted by atomic mass is 16.5. The largest absolute Gasteiger partial charge is 0.453 e. The third kappa shape index (κ3) is 3.17. The van der Waals surface area contributed by atoms with E-state index in [1.165, 1.54) is 0 Å². The lowest BCUT2D eigenvalue weighted by atomic mass is 10.1. The molecule has 1 aromatic carbocycles. The van der Waals surface area contributed by atoms with E-state index >= 15 is 0 Å². The molecule has 2 aromatic heterocycles. The smallest absolute Gasteiger partial charge is 0.153 e. The quantitative estimate of drug-likeness (QED) is 0.796. The molecule has 1 atom stereocenters. The molecule has 0 saturated carbocycles. The van der Waals surface area contributed by atoms with Crippen LogP contribution in [0.5, 0.6) is 11.5 Å². The van der Waals surface area contributed by atoms with Gasteiger partial charge in [0.15, 0.2) is 5.75 Å². The van der Waals surface area contributed by atoms with Crippen LogP contribution in [0, 0.1) is 0 Å². The first-order chi connectivity index (χ1) is 10.2. The highest BCUT2D eigenvalue weighted by Crippen LogP contribution is 2.28. The number of nitrogens with two attached hydrogens (primary N) is 1. The minimum Gasteiger partial charge on any atom is -0.453 e. The van der Waals surface area contributed by atoms with Gasteiger partial charge in [-0.3, -0.25) is 9.97 Å². The van der Waals surface area contributed by atoms with Crippen LogP contribution in [0.4, 0.5) is 0 Å². The van der Waals surface area contributed by atoms with Gasteiger partial charge in [0.1, 0.15) is 11.3 Å². The first-order valence-electron chi connectivity index (χ1n) is 6.93. The van der Waals surface area contributed by atoms with E-state index < -0.39 is 0 Å². The zero-order valence-electron chi connectivity index (χ0n) is 11.9. The van der Waals surface area contributed by atoms with Gasteiger partial charge in [0, 0.05) is 23.8 Å². The Morgan fingerprint density at radius 1 is 1.19 bits per heavy atom. The summed E-state index contributed by atoms with van der Waals surface area (Å²) in [7, 11) is 0. The molecule has 4 heteroatoms. The van der Waals surface area contributed by atoms with Crippen LogP contribution in [0.1, 0.15) is 12.5 Å². The molecule has 4 nitrogen and oxygen atoms in total. The van der Waals surface area contributed by atoms with Crippen molar-refractivity contribution >= 4 is 10.9 Å². The van der Waals surface area contributed by atoms with Crippen LogP contribution in [0.3, 0.4) is 0 Å². The lowest BCUT2D eigenvalue weighted by Crippen LogP contribution is -2.17. The number of para-hydroxylation sites is 1. The topological polar surface area (TPSA) is 61.0 Å². The van der Waals surface area contributed by atoms with Crippen molar-refractivity contribution in [3.05, 3.63) is 60.6 Å². The molecule has 0 spiro atoms. The van der Waals surface area contributed by atoms with E-state index in [2.05, 4.69) is 9.97 Å². The lowest BCUT2D eigenvalue weighted by Gasteiger charge is -2.10. The average molecular weight is 279 g/mol. The molecule has 3 aromatic rings. The van der Waals surface area contributed by atoms with Crippen molar-refractivity contribution in [2.75, 3.05) is 0 Å². The Morgan fingerprint density at radius 2 is 2.05 bits per heavy atom. The maximum atomic E-state index is 5.95. The minimum atomic E-state index is 0.0984. The van der Waals surface area contributed by atoms with Crippen molar-refractivity contribution in [1.29, 1.82) is 0 Å². The molecule has 2 heterocycles. The van der Waals surface area contributed by atoms with Crippen LogP contribution >= 0.6 is 0 Å². The van der Waals surface area contributed by atoms with Crippen LogP contribution in [0.25, 0.3) is 10.9 Å². The fourth-order valence-corrected chi connectivity index (χ4v) is 2.29. The summed E-state index contributed by atoms with van der Waals surface area (Å²) in [5.74, 6) is 1.43. The first kappa shape index (κ1) is 13.5. The molecule has 3 rings (SSSR count). The molecule has 0 radical (unpaired) electrons. The van der Waals surface area contributed by atoms with Gasteiger partial charge in [0.2, 0.25) is 0 Å².